The van der Waals surface area contributed by atoms with E-state index in [0.29, 0.717) is 30.2 Å². The van der Waals surface area contributed by atoms with Gasteiger partial charge in [-0.05, 0) is 24.1 Å². The van der Waals surface area contributed by atoms with E-state index in [1.807, 2.05) is 6.92 Å². The molecule has 0 saturated carbocycles. The normalized spacial score (nSPS) is 10.4. The van der Waals surface area contributed by atoms with Crippen LogP contribution in [0, 0.1) is 5.82 Å². The van der Waals surface area contributed by atoms with Gasteiger partial charge in [-0.3, -0.25) is 0 Å². The lowest BCUT2D eigenvalue weighted by Gasteiger charge is -2.10. The topological polar surface area (TPSA) is 70.3 Å². The molecule has 0 aliphatic rings. The quantitative estimate of drug-likeness (QED) is 0.909. The van der Waals surface area contributed by atoms with E-state index in [1.54, 1.807) is 25.3 Å². The molecule has 1 aromatic carbocycles. The van der Waals surface area contributed by atoms with Gasteiger partial charge in [-0.2, -0.15) is 9.37 Å². The molecule has 0 spiro atoms. The Labute approximate surface area is 116 Å². The largest absolute Gasteiger partial charge is 0.497 e. The number of rotatable bonds is 5. The number of methoxy groups -OCH3 is 1. The monoisotopic (exact) mass is 277 g/mol. The first kappa shape index (κ1) is 14.2. The highest BCUT2D eigenvalue weighted by Gasteiger charge is 2.12. The number of halogens is 1. The van der Waals surface area contributed by atoms with E-state index < -0.39 is 5.82 Å². The summed E-state index contributed by atoms with van der Waals surface area (Å²) >= 11 is 0. The predicted molar refractivity (Wildman–Crippen MR) is 72.3 cm³/mol. The molecular weight excluding hydrogens is 261 g/mol. The average Bonchev–Trinajstić information content (AvgIpc) is 2.49. The molecule has 6 heteroatoms. The van der Waals surface area contributed by atoms with Crippen molar-refractivity contribution in [1.82, 2.24) is 9.97 Å². The Morgan fingerprint density at radius 2 is 1.95 bits per heavy atom. The molecule has 0 aliphatic carbocycles. The number of benzene rings is 1. The van der Waals surface area contributed by atoms with Crippen molar-refractivity contribution in [3.05, 3.63) is 41.6 Å². The Bertz CT molecular complexity index is 583. The number of nitrogens with two attached hydrogens (primary N) is 1. The Hall–Kier alpha value is -2.21. The van der Waals surface area contributed by atoms with Crippen LogP contribution in [0.2, 0.25) is 0 Å². The van der Waals surface area contributed by atoms with Crippen molar-refractivity contribution in [3.8, 4) is 17.4 Å². The van der Waals surface area contributed by atoms with Gasteiger partial charge in [-0.25, -0.2) is 4.98 Å². The van der Waals surface area contributed by atoms with E-state index >= 15 is 0 Å². The first-order chi connectivity index (χ1) is 9.67. The molecule has 2 N–H and O–H groups in total. The molecule has 1 heterocycles. The second kappa shape index (κ2) is 6.29. The zero-order chi connectivity index (χ0) is 14.5. The lowest BCUT2D eigenvalue weighted by atomic mass is 10.2. The third-order valence-electron chi connectivity index (χ3n) is 2.79. The molecular formula is C14H16FN3O2. The fourth-order valence-corrected chi connectivity index (χ4v) is 1.74. The fourth-order valence-electron chi connectivity index (χ4n) is 1.74. The van der Waals surface area contributed by atoms with Gasteiger partial charge in [0.1, 0.15) is 17.8 Å². The Kier molecular flexibility index (Phi) is 4.47. The SMILES string of the molecule is CCc1ncnc(Oc2cc(CN)cc(OC)c2)c1F. The predicted octanol–water partition coefficient (Wildman–Crippen LogP) is 2.44. The first-order valence-electron chi connectivity index (χ1n) is 6.23. The Balaban J connectivity index is 2.34. The van der Waals surface area contributed by atoms with Crippen molar-refractivity contribution in [2.75, 3.05) is 7.11 Å². The van der Waals surface area contributed by atoms with Crippen LogP contribution in [0.3, 0.4) is 0 Å². The number of hydrogen-bond acceptors (Lipinski definition) is 5. The fraction of sp³-hybridized carbons (Fsp3) is 0.286. The molecule has 0 amide bonds. The Morgan fingerprint density at radius 1 is 1.20 bits per heavy atom. The summed E-state index contributed by atoms with van der Waals surface area (Å²) in [5.41, 5.74) is 6.74. The van der Waals surface area contributed by atoms with Gasteiger partial charge in [0.25, 0.3) is 5.88 Å². The van der Waals surface area contributed by atoms with Crippen molar-refractivity contribution in [2.45, 2.75) is 19.9 Å². The van der Waals surface area contributed by atoms with Crippen LogP contribution in [-0.4, -0.2) is 17.1 Å². The molecule has 2 aromatic rings. The van der Waals surface area contributed by atoms with Crippen molar-refractivity contribution in [2.24, 2.45) is 5.73 Å². The third-order valence-corrected chi connectivity index (χ3v) is 2.79. The zero-order valence-corrected chi connectivity index (χ0v) is 11.4. The Morgan fingerprint density at radius 3 is 2.60 bits per heavy atom. The van der Waals surface area contributed by atoms with Crippen LogP contribution in [0.1, 0.15) is 18.2 Å². The van der Waals surface area contributed by atoms with Gasteiger partial charge >= 0.3 is 0 Å². The zero-order valence-electron chi connectivity index (χ0n) is 11.4. The molecule has 2 rings (SSSR count). The summed E-state index contributed by atoms with van der Waals surface area (Å²) in [6, 6.07) is 5.16. The summed E-state index contributed by atoms with van der Waals surface area (Å²) in [6.07, 6.45) is 1.75. The molecule has 0 unspecified atom stereocenters. The van der Waals surface area contributed by atoms with Crippen LogP contribution in [0.25, 0.3) is 0 Å². The van der Waals surface area contributed by atoms with E-state index in [-0.39, 0.29) is 5.88 Å². The summed E-state index contributed by atoms with van der Waals surface area (Å²) in [4.78, 5) is 7.67. The maximum Gasteiger partial charge on any atom is 0.259 e. The van der Waals surface area contributed by atoms with Gasteiger partial charge in [0.15, 0.2) is 0 Å². The van der Waals surface area contributed by atoms with E-state index in [2.05, 4.69) is 9.97 Å². The lowest BCUT2D eigenvalue weighted by Crippen LogP contribution is -2.01. The lowest BCUT2D eigenvalue weighted by molar-refractivity contribution is 0.396. The van der Waals surface area contributed by atoms with Gasteiger partial charge in [0.05, 0.1) is 12.8 Å². The molecule has 5 nitrogen and oxygen atoms in total. The average molecular weight is 277 g/mol. The van der Waals surface area contributed by atoms with Crippen molar-refractivity contribution < 1.29 is 13.9 Å². The van der Waals surface area contributed by atoms with Crippen molar-refractivity contribution in [3.63, 3.8) is 0 Å². The van der Waals surface area contributed by atoms with Crippen LogP contribution in [0.5, 0.6) is 17.4 Å². The van der Waals surface area contributed by atoms with E-state index in [4.69, 9.17) is 15.2 Å². The van der Waals surface area contributed by atoms with Crippen LogP contribution < -0.4 is 15.2 Å². The van der Waals surface area contributed by atoms with Crippen molar-refractivity contribution in [1.29, 1.82) is 0 Å². The first-order valence-corrected chi connectivity index (χ1v) is 6.23. The molecule has 0 bridgehead atoms. The maximum atomic E-state index is 14.0. The van der Waals surface area contributed by atoms with Crippen LogP contribution >= 0.6 is 0 Å². The van der Waals surface area contributed by atoms with Gasteiger partial charge in [-0.1, -0.05) is 6.92 Å². The van der Waals surface area contributed by atoms with E-state index in [1.165, 1.54) is 6.33 Å². The summed E-state index contributed by atoms with van der Waals surface area (Å²) < 4.78 is 24.6. The highest BCUT2D eigenvalue weighted by atomic mass is 19.1. The molecule has 0 aliphatic heterocycles. The molecule has 20 heavy (non-hydrogen) atoms. The molecule has 0 saturated heterocycles. The minimum atomic E-state index is -0.549. The second-order valence-electron chi connectivity index (χ2n) is 4.12. The molecule has 0 atom stereocenters. The molecule has 1 aromatic heterocycles. The van der Waals surface area contributed by atoms with Gasteiger partial charge in [-0.15, -0.1) is 0 Å². The molecule has 106 valence electrons. The van der Waals surface area contributed by atoms with Crippen LogP contribution in [-0.2, 0) is 13.0 Å². The highest BCUT2D eigenvalue weighted by Crippen LogP contribution is 2.28. The summed E-state index contributed by atoms with van der Waals surface area (Å²) in [7, 11) is 1.54. The highest BCUT2D eigenvalue weighted by molar-refractivity contribution is 5.40. The summed E-state index contributed by atoms with van der Waals surface area (Å²) in [6.45, 7) is 2.15. The minimum absolute atomic E-state index is 0.104. The minimum Gasteiger partial charge on any atom is -0.497 e. The molecule has 0 fully saturated rings. The summed E-state index contributed by atoms with van der Waals surface area (Å²) in [5, 5.41) is 0. The second-order valence-corrected chi connectivity index (χ2v) is 4.12. The number of aryl methyl sites for hydroxylation is 1. The maximum absolute atomic E-state index is 14.0. The van der Waals surface area contributed by atoms with Gasteiger partial charge in [0.2, 0.25) is 5.82 Å². The number of nitrogens with zero attached hydrogens (tertiary/aromatic N) is 2. The van der Waals surface area contributed by atoms with Crippen LogP contribution in [0.4, 0.5) is 4.39 Å². The standard InChI is InChI=1S/C14H16FN3O2/c1-3-12-13(15)14(18-8-17-12)20-11-5-9(7-16)4-10(6-11)19-2/h4-6,8H,3,7,16H2,1-2H3. The number of aromatic nitrogens is 2. The van der Waals surface area contributed by atoms with Gasteiger partial charge < -0.3 is 15.2 Å². The van der Waals surface area contributed by atoms with Crippen molar-refractivity contribution >= 4 is 0 Å². The molecule has 0 radical (unpaired) electrons. The smallest absolute Gasteiger partial charge is 0.259 e. The van der Waals surface area contributed by atoms with Crippen LogP contribution in [0.15, 0.2) is 24.5 Å². The summed E-state index contributed by atoms with van der Waals surface area (Å²) in [5.74, 6) is 0.359. The number of hydrogen-bond donors (Lipinski definition) is 1. The number of ether oxygens (including phenoxy) is 2. The van der Waals surface area contributed by atoms with E-state index in [0.717, 1.165) is 5.56 Å². The van der Waals surface area contributed by atoms with Gasteiger partial charge in [0, 0.05) is 12.6 Å². The third kappa shape index (κ3) is 3.03. The van der Waals surface area contributed by atoms with E-state index in [9.17, 15) is 4.39 Å².